The lowest BCUT2D eigenvalue weighted by Crippen LogP contribution is -2.46. The van der Waals surface area contributed by atoms with Gasteiger partial charge in [0.1, 0.15) is 17.9 Å². The number of imidazole rings is 1. The summed E-state index contributed by atoms with van der Waals surface area (Å²) in [5.74, 6) is 0.453. The Kier molecular flexibility index (Phi) is 7.20. The minimum Gasteiger partial charge on any atom is -0.371 e. The van der Waals surface area contributed by atoms with Gasteiger partial charge in [-0.3, -0.25) is 9.09 Å². The van der Waals surface area contributed by atoms with E-state index in [1.807, 2.05) is 0 Å². The summed E-state index contributed by atoms with van der Waals surface area (Å²) in [4.78, 5) is 48.2. The molecular formula is C11H20N7O11P3. The summed E-state index contributed by atoms with van der Waals surface area (Å²) in [6.07, 6.45) is 0.675. The number of hydrogen-bond donors (Lipinski definition) is 7. The van der Waals surface area contributed by atoms with Crippen LogP contribution in [0.25, 0.3) is 11.2 Å². The molecule has 0 spiro atoms. The number of phosphoric ester groups is 1. The number of ether oxygens (including phenoxy) is 1. The van der Waals surface area contributed by atoms with Crippen molar-refractivity contribution >= 4 is 40.4 Å². The quantitative estimate of drug-likeness (QED) is 0.191. The second kappa shape index (κ2) is 9.12. The van der Waals surface area contributed by atoms with E-state index >= 15 is 0 Å². The molecule has 18 nitrogen and oxygen atoms in total. The first kappa shape index (κ1) is 25.3. The number of fused-ring (bicyclic) bond motifs is 1. The SMILES string of the molecule is CNc1ncnc2c1ncn2C1OC(COP(=O)(O)OP(=O)(O)OP(=O)(O)O)C(N)C1N. The Morgan fingerprint density at radius 3 is 2.41 bits per heavy atom. The molecule has 180 valence electrons. The number of hydrogen-bond acceptors (Lipinski definition) is 13. The average molecular weight is 519 g/mol. The van der Waals surface area contributed by atoms with Crippen molar-refractivity contribution in [3.05, 3.63) is 12.7 Å². The van der Waals surface area contributed by atoms with E-state index < -0.39 is 54.5 Å². The lowest BCUT2D eigenvalue weighted by Gasteiger charge is -2.19. The van der Waals surface area contributed by atoms with E-state index in [0.29, 0.717) is 17.0 Å². The standard InChI is InChI=1S/C11H20N7O11P3/c1-14-9-8-10(16-3-15-9)18(4-17-8)11-7(13)6(12)5(27-11)2-26-31(22,23)29-32(24,25)28-30(19,20)21/h3-7,11H,2,12-13H2,1H3,(H,22,23)(H,24,25)(H,14,15,16)(H2,19,20,21). The number of phosphoric acid groups is 3. The molecule has 21 heteroatoms. The van der Waals surface area contributed by atoms with Crippen LogP contribution in [0.15, 0.2) is 12.7 Å². The number of nitrogens with one attached hydrogen (secondary N) is 1. The molecule has 2 aromatic heterocycles. The first-order chi connectivity index (χ1) is 14.7. The van der Waals surface area contributed by atoms with E-state index in [9.17, 15) is 23.5 Å². The van der Waals surface area contributed by atoms with Crippen LogP contribution in [0.4, 0.5) is 5.82 Å². The molecule has 32 heavy (non-hydrogen) atoms. The summed E-state index contributed by atoms with van der Waals surface area (Å²) < 4.78 is 53.0. The lowest BCUT2D eigenvalue weighted by atomic mass is 10.1. The maximum atomic E-state index is 11.9. The maximum Gasteiger partial charge on any atom is 0.490 e. The van der Waals surface area contributed by atoms with Crippen LogP contribution in [-0.2, 0) is 31.6 Å². The predicted octanol–water partition coefficient (Wildman–Crippen LogP) is -1.24. The Morgan fingerprint density at radius 2 is 1.78 bits per heavy atom. The monoisotopic (exact) mass is 519 g/mol. The highest BCUT2D eigenvalue weighted by atomic mass is 31.3. The molecule has 0 saturated carbocycles. The molecule has 1 saturated heterocycles. The maximum absolute atomic E-state index is 11.9. The van der Waals surface area contributed by atoms with Gasteiger partial charge in [-0.1, -0.05) is 0 Å². The second-order valence-electron chi connectivity index (χ2n) is 6.40. The molecule has 0 radical (unpaired) electrons. The van der Waals surface area contributed by atoms with Crippen molar-refractivity contribution in [2.45, 2.75) is 24.4 Å². The van der Waals surface area contributed by atoms with Gasteiger partial charge in [0, 0.05) is 7.05 Å². The Balaban J connectivity index is 1.70. The minimum atomic E-state index is -5.64. The first-order valence-corrected chi connectivity index (χ1v) is 13.1. The molecule has 1 aliphatic heterocycles. The van der Waals surface area contributed by atoms with Crippen molar-refractivity contribution in [3.8, 4) is 0 Å². The van der Waals surface area contributed by atoms with Crippen LogP contribution in [0.5, 0.6) is 0 Å². The van der Waals surface area contributed by atoms with Crippen LogP contribution in [0, 0.1) is 0 Å². The van der Waals surface area contributed by atoms with Crippen molar-refractivity contribution in [1.29, 1.82) is 0 Å². The number of anilines is 1. The normalized spacial score (nSPS) is 27.8. The van der Waals surface area contributed by atoms with Gasteiger partial charge in [-0.15, -0.1) is 0 Å². The van der Waals surface area contributed by atoms with Gasteiger partial charge in [0.05, 0.1) is 25.0 Å². The van der Waals surface area contributed by atoms with Crippen molar-refractivity contribution in [1.82, 2.24) is 19.5 Å². The zero-order valence-corrected chi connectivity index (χ0v) is 18.8. The Morgan fingerprint density at radius 1 is 1.09 bits per heavy atom. The minimum absolute atomic E-state index is 0.366. The number of aromatic nitrogens is 4. The summed E-state index contributed by atoms with van der Waals surface area (Å²) in [6, 6.07) is -1.79. The molecule has 3 rings (SSSR count). The van der Waals surface area contributed by atoms with Gasteiger partial charge in [-0.2, -0.15) is 8.62 Å². The Bertz CT molecular complexity index is 1120. The summed E-state index contributed by atoms with van der Waals surface area (Å²) in [6.45, 7) is -0.738. The molecule has 1 aliphatic rings. The molecule has 0 aliphatic carbocycles. The van der Waals surface area contributed by atoms with Gasteiger partial charge in [0.2, 0.25) is 0 Å². The van der Waals surface area contributed by atoms with E-state index in [-0.39, 0.29) is 0 Å². The van der Waals surface area contributed by atoms with Gasteiger partial charge in [-0.25, -0.2) is 28.6 Å². The number of nitrogens with zero attached hydrogens (tertiary/aromatic N) is 4. The summed E-state index contributed by atoms with van der Waals surface area (Å²) in [5, 5.41) is 2.85. The van der Waals surface area contributed by atoms with Crippen molar-refractivity contribution in [2.75, 3.05) is 19.0 Å². The smallest absolute Gasteiger partial charge is 0.371 e. The van der Waals surface area contributed by atoms with Crippen molar-refractivity contribution in [2.24, 2.45) is 11.5 Å². The molecule has 9 N–H and O–H groups in total. The highest BCUT2D eigenvalue weighted by molar-refractivity contribution is 7.66. The molecule has 3 heterocycles. The molecule has 6 unspecified atom stereocenters. The third kappa shape index (κ3) is 5.76. The second-order valence-corrected chi connectivity index (χ2v) is 10.8. The Labute approximate surface area is 179 Å². The van der Waals surface area contributed by atoms with Gasteiger partial charge in [0.15, 0.2) is 17.7 Å². The number of rotatable bonds is 9. The fourth-order valence-corrected chi connectivity index (χ4v) is 5.92. The largest absolute Gasteiger partial charge is 0.490 e. The van der Waals surface area contributed by atoms with Crippen LogP contribution >= 0.6 is 23.5 Å². The van der Waals surface area contributed by atoms with Gasteiger partial charge in [0.25, 0.3) is 0 Å². The molecule has 6 atom stereocenters. The molecule has 0 aromatic carbocycles. The van der Waals surface area contributed by atoms with Crippen molar-refractivity contribution in [3.63, 3.8) is 0 Å². The Hall–Kier alpha value is -1.36. The zero-order chi connectivity index (χ0) is 23.9. The summed E-state index contributed by atoms with van der Waals surface area (Å²) >= 11 is 0. The molecule has 2 aromatic rings. The van der Waals surface area contributed by atoms with Gasteiger partial charge in [-0.05, 0) is 0 Å². The molecular weight excluding hydrogens is 499 g/mol. The van der Waals surface area contributed by atoms with Crippen LogP contribution < -0.4 is 16.8 Å². The zero-order valence-electron chi connectivity index (χ0n) is 16.1. The van der Waals surface area contributed by atoms with Gasteiger partial charge < -0.3 is 41.1 Å². The third-order valence-electron chi connectivity index (χ3n) is 4.20. The topological polar surface area (TPSA) is 277 Å². The van der Waals surface area contributed by atoms with Crippen LogP contribution in [0.1, 0.15) is 6.23 Å². The van der Waals surface area contributed by atoms with Crippen LogP contribution in [0.2, 0.25) is 0 Å². The lowest BCUT2D eigenvalue weighted by molar-refractivity contribution is -0.0257. The van der Waals surface area contributed by atoms with Crippen molar-refractivity contribution < 1.29 is 51.2 Å². The third-order valence-corrected chi connectivity index (χ3v) is 8.01. The van der Waals surface area contributed by atoms with Crippen LogP contribution in [-0.4, -0.2) is 70.9 Å². The van der Waals surface area contributed by atoms with Crippen LogP contribution in [0.3, 0.4) is 0 Å². The summed E-state index contributed by atoms with van der Waals surface area (Å²) in [7, 11) is -14.8. The predicted molar refractivity (Wildman–Crippen MR) is 105 cm³/mol. The van der Waals surface area contributed by atoms with E-state index in [0.717, 1.165) is 0 Å². The number of nitrogens with two attached hydrogens (primary N) is 2. The first-order valence-electron chi connectivity index (χ1n) is 8.53. The fourth-order valence-electron chi connectivity index (χ4n) is 2.89. The van der Waals surface area contributed by atoms with E-state index in [1.54, 1.807) is 7.05 Å². The van der Waals surface area contributed by atoms with Gasteiger partial charge >= 0.3 is 23.5 Å². The highest BCUT2D eigenvalue weighted by Crippen LogP contribution is 2.66. The van der Waals surface area contributed by atoms with E-state index in [1.165, 1.54) is 17.2 Å². The molecule has 0 amide bonds. The highest BCUT2D eigenvalue weighted by Gasteiger charge is 2.45. The fraction of sp³-hybridized carbons (Fsp3) is 0.545. The average Bonchev–Trinajstić information content (AvgIpc) is 3.19. The summed E-state index contributed by atoms with van der Waals surface area (Å²) in [5.41, 5.74) is 12.9. The molecule has 1 fully saturated rings. The van der Waals surface area contributed by atoms with E-state index in [4.69, 9.17) is 26.0 Å². The molecule has 0 bridgehead atoms. The van der Waals surface area contributed by atoms with E-state index in [2.05, 4.69) is 33.4 Å².